The van der Waals surface area contributed by atoms with Crippen molar-refractivity contribution in [3.63, 3.8) is 0 Å². The molecule has 0 amide bonds. The molecule has 0 saturated carbocycles. The molecule has 0 saturated heterocycles. The van der Waals surface area contributed by atoms with E-state index in [0.717, 1.165) is 32.7 Å². The lowest BCUT2D eigenvalue weighted by Crippen LogP contribution is -2.40. The fourth-order valence-electron chi connectivity index (χ4n) is 2.25. The summed E-state index contributed by atoms with van der Waals surface area (Å²) in [7, 11) is 0. The average Bonchev–Trinajstić information content (AvgIpc) is 2.37. The van der Waals surface area contributed by atoms with Gasteiger partial charge in [-0.05, 0) is 24.1 Å². The van der Waals surface area contributed by atoms with Gasteiger partial charge in [0.1, 0.15) is 0 Å². The quantitative estimate of drug-likeness (QED) is 0.760. The molecule has 0 aliphatic heterocycles. The summed E-state index contributed by atoms with van der Waals surface area (Å²) in [6, 6.07) is 10.6. The van der Waals surface area contributed by atoms with Crippen LogP contribution in [-0.2, 0) is 6.54 Å². The van der Waals surface area contributed by atoms with Gasteiger partial charge in [0.25, 0.3) is 0 Å². The first-order valence-electron chi connectivity index (χ1n) is 7.04. The molecule has 0 aromatic heterocycles. The van der Waals surface area contributed by atoms with E-state index in [4.69, 9.17) is 0 Å². The Hall–Kier alpha value is -0.860. The molecule has 0 bridgehead atoms. The Morgan fingerprint density at radius 2 is 1.67 bits per heavy atom. The van der Waals surface area contributed by atoms with Crippen LogP contribution in [0.3, 0.4) is 0 Å². The Labute approximate surface area is 112 Å². The molecule has 1 aromatic rings. The Morgan fingerprint density at radius 1 is 1.06 bits per heavy atom. The van der Waals surface area contributed by atoms with Crippen LogP contribution >= 0.6 is 0 Å². The van der Waals surface area contributed by atoms with Crippen molar-refractivity contribution in [3.8, 4) is 0 Å². The lowest BCUT2D eigenvalue weighted by Gasteiger charge is -2.31. The van der Waals surface area contributed by atoms with Crippen molar-refractivity contribution in [3.05, 3.63) is 35.9 Å². The molecule has 0 radical (unpaired) electrons. The van der Waals surface area contributed by atoms with Crippen molar-refractivity contribution >= 4 is 0 Å². The Bertz CT molecular complexity index is 315. The van der Waals surface area contributed by atoms with Crippen molar-refractivity contribution in [2.75, 3.05) is 26.2 Å². The van der Waals surface area contributed by atoms with Gasteiger partial charge >= 0.3 is 0 Å². The minimum absolute atomic E-state index is 0.320. The largest absolute Gasteiger partial charge is 0.312 e. The third-order valence-corrected chi connectivity index (χ3v) is 3.32. The molecule has 0 fully saturated rings. The predicted octanol–water partition coefficient (Wildman–Crippen LogP) is 3.14. The van der Waals surface area contributed by atoms with E-state index in [1.165, 1.54) is 5.56 Å². The molecule has 1 rings (SSSR count). The lowest BCUT2D eigenvalue weighted by atomic mass is 9.92. The van der Waals surface area contributed by atoms with Gasteiger partial charge in [-0.3, -0.25) is 0 Å². The predicted molar refractivity (Wildman–Crippen MR) is 79.7 cm³/mol. The first-order valence-corrected chi connectivity index (χ1v) is 7.04. The zero-order valence-corrected chi connectivity index (χ0v) is 12.4. The monoisotopic (exact) mass is 248 g/mol. The number of nitrogens with zero attached hydrogens (tertiary/aromatic N) is 1. The van der Waals surface area contributed by atoms with E-state index >= 15 is 0 Å². The second kappa shape index (κ2) is 7.55. The van der Waals surface area contributed by atoms with Crippen LogP contribution < -0.4 is 5.32 Å². The minimum Gasteiger partial charge on any atom is -0.312 e. The van der Waals surface area contributed by atoms with Gasteiger partial charge in [0.2, 0.25) is 0 Å². The molecule has 0 unspecified atom stereocenters. The second-order valence-corrected chi connectivity index (χ2v) is 5.71. The summed E-state index contributed by atoms with van der Waals surface area (Å²) in [6.45, 7) is 14.6. The Morgan fingerprint density at radius 3 is 2.22 bits per heavy atom. The van der Waals surface area contributed by atoms with Gasteiger partial charge in [-0.1, -0.05) is 58.0 Å². The molecule has 2 nitrogen and oxygen atoms in total. The molecule has 0 atom stereocenters. The number of nitrogens with one attached hydrogen (secondary N) is 1. The standard InChI is InChI=1S/C16H28N2/c1-5-18(6-2)14-16(3,4)13-17-12-15-10-8-7-9-11-15/h7-11,17H,5-6,12-14H2,1-4H3. The molecule has 0 aliphatic rings. The number of hydrogen-bond donors (Lipinski definition) is 1. The maximum atomic E-state index is 3.57. The maximum Gasteiger partial charge on any atom is 0.0205 e. The van der Waals surface area contributed by atoms with Crippen LogP contribution in [0.5, 0.6) is 0 Å². The van der Waals surface area contributed by atoms with Crippen molar-refractivity contribution in [2.24, 2.45) is 5.41 Å². The van der Waals surface area contributed by atoms with Crippen molar-refractivity contribution < 1.29 is 0 Å². The molecule has 1 N–H and O–H groups in total. The summed E-state index contributed by atoms with van der Waals surface area (Å²) >= 11 is 0. The van der Waals surface area contributed by atoms with Crippen LogP contribution in [0, 0.1) is 5.41 Å². The van der Waals surface area contributed by atoms with Crippen molar-refractivity contribution in [1.29, 1.82) is 0 Å². The highest BCUT2D eigenvalue weighted by atomic mass is 15.1. The van der Waals surface area contributed by atoms with Crippen LogP contribution in [0.2, 0.25) is 0 Å². The fourth-order valence-corrected chi connectivity index (χ4v) is 2.25. The number of benzene rings is 1. The summed E-state index contributed by atoms with van der Waals surface area (Å²) in [6.07, 6.45) is 0. The van der Waals surface area contributed by atoms with Crippen LogP contribution in [0.15, 0.2) is 30.3 Å². The van der Waals surface area contributed by atoms with Crippen LogP contribution in [0.25, 0.3) is 0 Å². The topological polar surface area (TPSA) is 15.3 Å². The van der Waals surface area contributed by atoms with Crippen LogP contribution in [-0.4, -0.2) is 31.1 Å². The molecule has 0 heterocycles. The van der Waals surface area contributed by atoms with Gasteiger partial charge < -0.3 is 10.2 Å². The third-order valence-electron chi connectivity index (χ3n) is 3.32. The summed E-state index contributed by atoms with van der Waals surface area (Å²) in [4.78, 5) is 2.49. The van der Waals surface area contributed by atoms with E-state index in [1.54, 1.807) is 0 Å². The number of rotatable bonds is 8. The van der Waals surface area contributed by atoms with Gasteiger partial charge in [0.05, 0.1) is 0 Å². The molecule has 102 valence electrons. The SMILES string of the molecule is CCN(CC)CC(C)(C)CNCc1ccccc1. The molecule has 1 aromatic carbocycles. The molecule has 18 heavy (non-hydrogen) atoms. The lowest BCUT2D eigenvalue weighted by molar-refractivity contribution is 0.187. The van der Waals surface area contributed by atoms with E-state index in [1.807, 2.05) is 0 Å². The van der Waals surface area contributed by atoms with Crippen molar-refractivity contribution in [2.45, 2.75) is 34.2 Å². The molecular formula is C16H28N2. The fraction of sp³-hybridized carbons (Fsp3) is 0.625. The first-order chi connectivity index (χ1) is 8.57. The summed E-state index contributed by atoms with van der Waals surface area (Å²) in [5.41, 5.74) is 1.68. The molecule has 2 heteroatoms. The van der Waals surface area contributed by atoms with E-state index in [-0.39, 0.29) is 0 Å². The summed E-state index contributed by atoms with van der Waals surface area (Å²) in [5, 5.41) is 3.57. The molecule has 0 aliphatic carbocycles. The highest BCUT2D eigenvalue weighted by Gasteiger charge is 2.19. The zero-order valence-electron chi connectivity index (χ0n) is 12.4. The normalized spacial score (nSPS) is 12.1. The first kappa shape index (κ1) is 15.2. The summed E-state index contributed by atoms with van der Waals surface area (Å²) < 4.78 is 0. The number of hydrogen-bond acceptors (Lipinski definition) is 2. The Balaban J connectivity index is 2.33. The zero-order chi connectivity index (χ0) is 13.4. The molecule has 0 spiro atoms. The van der Waals surface area contributed by atoms with Crippen molar-refractivity contribution in [1.82, 2.24) is 10.2 Å². The van der Waals surface area contributed by atoms with Gasteiger partial charge in [-0.25, -0.2) is 0 Å². The van der Waals surface area contributed by atoms with Gasteiger partial charge in [0.15, 0.2) is 0 Å². The maximum absolute atomic E-state index is 3.57. The van der Waals surface area contributed by atoms with Crippen LogP contribution in [0.1, 0.15) is 33.3 Å². The van der Waals surface area contributed by atoms with E-state index < -0.39 is 0 Å². The minimum atomic E-state index is 0.320. The van der Waals surface area contributed by atoms with Gasteiger partial charge in [0, 0.05) is 19.6 Å². The Kier molecular flexibility index (Phi) is 6.37. The molecular weight excluding hydrogens is 220 g/mol. The summed E-state index contributed by atoms with van der Waals surface area (Å²) in [5.74, 6) is 0. The second-order valence-electron chi connectivity index (χ2n) is 5.71. The average molecular weight is 248 g/mol. The van der Waals surface area contributed by atoms with Crippen LogP contribution in [0.4, 0.5) is 0 Å². The van der Waals surface area contributed by atoms with E-state index in [0.29, 0.717) is 5.41 Å². The third kappa shape index (κ3) is 5.65. The highest BCUT2D eigenvalue weighted by molar-refractivity contribution is 5.14. The highest BCUT2D eigenvalue weighted by Crippen LogP contribution is 2.15. The smallest absolute Gasteiger partial charge is 0.0205 e. The van der Waals surface area contributed by atoms with Gasteiger partial charge in [-0.2, -0.15) is 0 Å². The van der Waals surface area contributed by atoms with E-state index in [9.17, 15) is 0 Å². The van der Waals surface area contributed by atoms with E-state index in [2.05, 4.69) is 68.2 Å². The van der Waals surface area contributed by atoms with Gasteiger partial charge in [-0.15, -0.1) is 0 Å².